The third kappa shape index (κ3) is 4.72. The van der Waals surface area contributed by atoms with Gasteiger partial charge < -0.3 is 9.26 Å². The predicted molar refractivity (Wildman–Crippen MR) is 122 cm³/mol. The van der Waals surface area contributed by atoms with Crippen LogP contribution in [-0.2, 0) is 22.5 Å². The van der Waals surface area contributed by atoms with Gasteiger partial charge in [-0.25, -0.2) is 0 Å². The van der Waals surface area contributed by atoms with Gasteiger partial charge in [-0.15, -0.1) is 0 Å². The van der Waals surface area contributed by atoms with Crippen molar-refractivity contribution in [3.63, 3.8) is 0 Å². The normalized spacial score (nSPS) is 14.6. The molecule has 32 heavy (non-hydrogen) atoms. The average Bonchev–Trinajstić information content (AvgIpc) is 3.21. The molecular weight excluding hydrogens is 404 g/mol. The number of hydrogen-bond donors (Lipinski definition) is 0. The number of methoxy groups -OCH3 is 1. The molecule has 0 saturated carbocycles. The number of aromatic nitrogens is 3. The maximum atomic E-state index is 11.5. The van der Waals surface area contributed by atoms with Crippen LogP contribution in [0.4, 0.5) is 0 Å². The Morgan fingerprint density at radius 2 is 1.97 bits per heavy atom. The number of esters is 1. The molecule has 7 heteroatoms. The molecule has 1 saturated heterocycles. The molecule has 4 rings (SSSR count). The summed E-state index contributed by atoms with van der Waals surface area (Å²) in [5.41, 5.74) is 6.16. The summed E-state index contributed by atoms with van der Waals surface area (Å²) >= 11 is 0. The van der Waals surface area contributed by atoms with Crippen molar-refractivity contribution >= 4 is 5.97 Å². The van der Waals surface area contributed by atoms with Crippen molar-refractivity contribution in [1.29, 1.82) is 0 Å². The lowest BCUT2D eigenvalue weighted by Crippen LogP contribution is -2.50. The van der Waals surface area contributed by atoms with E-state index in [1.165, 1.54) is 18.2 Å². The van der Waals surface area contributed by atoms with E-state index < -0.39 is 0 Å². The summed E-state index contributed by atoms with van der Waals surface area (Å²) in [4.78, 5) is 23.1. The molecule has 0 spiro atoms. The summed E-state index contributed by atoms with van der Waals surface area (Å²) in [6, 6.07) is 10.3. The number of benzene rings is 1. The summed E-state index contributed by atoms with van der Waals surface area (Å²) in [6.07, 6.45) is 1.05. The standard InChI is InChI=1S/C25H30N4O3/c1-15(2)10-18-6-7-19(11-16(18)3)24-27-23(28-32-24)22-9-8-21(26-17(22)4)14-29-12-20(13-29)25(30)31-5/h6-9,11,15,20H,10,12-14H2,1-5H3. The van der Waals surface area contributed by atoms with Crippen molar-refractivity contribution in [1.82, 2.24) is 20.0 Å². The van der Waals surface area contributed by atoms with Gasteiger partial charge in [0.05, 0.1) is 18.7 Å². The smallest absolute Gasteiger partial charge is 0.311 e. The molecule has 1 aliphatic heterocycles. The van der Waals surface area contributed by atoms with Gasteiger partial charge >= 0.3 is 5.97 Å². The molecule has 168 valence electrons. The van der Waals surface area contributed by atoms with Crippen molar-refractivity contribution in [2.45, 2.75) is 40.7 Å². The molecular formula is C25H30N4O3. The number of rotatable bonds is 7. The van der Waals surface area contributed by atoms with Crippen LogP contribution in [0, 0.1) is 25.7 Å². The van der Waals surface area contributed by atoms with Gasteiger partial charge in [-0.2, -0.15) is 4.98 Å². The van der Waals surface area contributed by atoms with Crippen molar-refractivity contribution < 1.29 is 14.1 Å². The van der Waals surface area contributed by atoms with E-state index in [9.17, 15) is 4.79 Å². The number of nitrogens with zero attached hydrogens (tertiary/aromatic N) is 4. The Labute approximate surface area is 188 Å². The first-order valence-electron chi connectivity index (χ1n) is 11.0. The fraction of sp³-hybridized carbons (Fsp3) is 0.440. The Hall–Kier alpha value is -3.06. The lowest BCUT2D eigenvalue weighted by atomic mass is 9.97. The van der Waals surface area contributed by atoms with Crippen molar-refractivity contribution in [2.75, 3.05) is 20.2 Å². The summed E-state index contributed by atoms with van der Waals surface area (Å²) in [5, 5.41) is 4.19. The minimum Gasteiger partial charge on any atom is -0.469 e. The van der Waals surface area contributed by atoms with Crippen LogP contribution >= 0.6 is 0 Å². The number of pyridine rings is 1. The zero-order chi connectivity index (χ0) is 22.8. The van der Waals surface area contributed by atoms with Gasteiger partial charge in [0, 0.05) is 36.5 Å². The van der Waals surface area contributed by atoms with E-state index in [-0.39, 0.29) is 11.9 Å². The minimum atomic E-state index is -0.140. The highest BCUT2D eigenvalue weighted by Gasteiger charge is 2.33. The molecule has 3 heterocycles. The van der Waals surface area contributed by atoms with Crippen LogP contribution in [0.1, 0.15) is 36.4 Å². The first-order chi connectivity index (χ1) is 15.3. The molecule has 3 aromatic rings. The number of aryl methyl sites for hydroxylation is 2. The van der Waals surface area contributed by atoms with Crippen molar-refractivity contribution in [3.05, 3.63) is 52.8 Å². The molecule has 2 aromatic heterocycles. The largest absolute Gasteiger partial charge is 0.469 e. The highest BCUT2D eigenvalue weighted by Crippen LogP contribution is 2.27. The third-order valence-electron chi connectivity index (χ3n) is 5.91. The number of likely N-dealkylation sites (tertiary alicyclic amines) is 1. The fourth-order valence-corrected chi connectivity index (χ4v) is 4.13. The summed E-state index contributed by atoms with van der Waals surface area (Å²) in [5.74, 6) is 1.50. The predicted octanol–water partition coefficient (Wildman–Crippen LogP) is 4.22. The second kappa shape index (κ2) is 9.20. The number of hydrogen-bond acceptors (Lipinski definition) is 7. The molecule has 0 bridgehead atoms. The average molecular weight is 435 g/mol. The summed E-state index contributed by atoms with van der Waals surface area (Å²) in [6.45, 7) is 10.6. The summed E-state index contributed by atoms with van der Waals surface area (Å²) < 4.78 is 10.4. The Morgan fingerprint density at radius 3 is 2.62 bits per heavy atom. The van der Waals surface area contributed by atoms with E-state index in [4.69, 9.17) is 14.2 Å². The number of ether oxygens (including phenoxy) is 1. The molecule has 0 aliphatic carbocycles. The molecule has 0 N–H and O–H groups in total. The molecule has 0 radical (unpaired) electrons. The zero-order valence-electron chi connectivity index (χ0n) is 19.4. The minimum absolute atomic E-state index is 0.0267. The van der Waals surface area contributed by atoms with E-state index in [1.807, 2.05) is 25.1 Å². The molecule has 0 unspecified atom stereocenters. The van der Waals surface area contributed by atoms with Gasteiger partial charge in [0.25, 0.3) is 5.89 Å². The van der Waals surface area contributed by atoms with Crippen molar-refractivity contribution in [2.24, 2.45) is 11.8 Å². The second-order valence-electron chi connectivity index (χ2n) is 9.01. The van der Waals surface area contributed by atoms with Crippen LogP contribution in [0.15, 0.2) is 34.9 Å². The zero-order valence-corrected chi connectivity index (χ0v) is 19.4. The Bertz CT molecular complexity index is 1120. The lowest BCUT2D eigenvalue weighted by Gasteiger charge is -2.37. The topological polar surface area (TPSA) is 81.4 Å². The van der Waals surface area contributed by atoms with Crippen LogP contribution in [0.5, 0.6) is 0 Å². The quantitative estimate of drug-likeness (QED) is 0.515. The number of carbonyl (C=O) groups is 1. The Morgan fingerprint density at radius 1 is 1.19 bits per heavy atom. The maximum Gasteiger partial charge on any atom is 0.311 e. The number of carbonyl (C=O) groups excluding carboxylic acids is 1. The SMILES string of the molecule is COC(=O)C1CN(Cc2ccc(-c3noc(-c4ccc(CC(C)C)c(C)c4)n3)c(C)n2)C1. The van der Waals surface area contributed by atoms with E-state index >= 15 is 0 Å². The Kier molecular flexibility index (Phi) is 6.37. The van der Waals surface area contributed by atoms with E-state index in [0.717, 1.165) is 28.9 Å². The first kappa shape index (κ1) is 22.1. The van der Waals surface area contributed by atoms with Gasteiger partial charge in [-0.3, -0.25) is 14.7 Å². The maximum absolute atomic E-state index is 11.5. The fourth-order valence-electron chi connectivity index (χ4n) is 4.13. The van der Waals surface area contributed by atoms with E-state index in [2.05, 4.69) is 47.9 Å². The molecule has 1 fully saturated rings. The van der Waals surface area contributed by atoms with Gasteiger partial charge in [0.1, 0.15) is 0 Å². The van der Waals surface area contributed by atoms with Crippen molar-refractivity contribution in [3.8, 4) is 22.8 Å². The molecule has 7 nitrogen and oxygen atoms in total. The van der Waals surface area contributed by atoms with Crippen LogP contribution in [0.2, 0.25) is 0 Å². The first-order valence-corrected chi connectivity index (χ1v) is 11.0. The van der Waals surface area contributed by atoms with Crippen LogP contribution in [0.3, 0.4) is 0 Å². The van der Waals surface area contributed by atoms with Gasteiger partial charge in [-0.05, 0) is 61.6 Å². The van der Waals surface area contributed by atoms with E-state index in [0.29, 0.717) is 37.3 Å². The molecule has 0 atom stereocenters. The van der Waals surface area contributed by atoms with Gasteiger partial charge in [0.15, 0.2) is 0 Å². The molecule has 1 aliphatic rings. The van der Waals surface area contributed by atoms with E-state index in [1.54, 1.807) is 0 Å². The third-order valence-corrected chi connectivity index (χ3v) is 5.91. The van der Waals surface area contributed by atoms with Crippen LogP contribution in [-0.4, -0.2) is 46.2 Å². The highest BCUT2D eigenvalue weighted by molar-refractivity contribution is 5.73. The highest BCUT2D eigenvalue weighted by atomic mass is 16.5. The van der Waals surface area contributed by atoms with Crippen LogP contribution in [0.25, 0.3) is 22.8 Å². The van der Waals surface area contributed by atoms with Gasteiger partial charge in [0.2, 0.25) is 5.82 Å². The van der Waals surface area contributed by atoms with Crippen LogP contribution < -0.4 is 0 Å². The lowest BCUT2D eigenvalue weighted by molar-refractivity contribution is -0.151. The second-order valence-corrected chi connectivity index (χ2v) is 9.01. The summed E-state index contributed by atoms with van der Waals surface area (Å²) in [7, 11) is 1.43. The Balaban J connectivity index is 1.45. The molecule has 0 amide bonds. The molecule has 1 aromatic carbocycles. The monoisotopic (exact) mass is 434 g/mol. The van der Waals surface area contributed by atoms with Gasteiger partial charge in [-0.1, -0.05) is 25.1 Å².